The molecule has 25 heavy (non-hydrogen) atoms. The van der Waals surface area contributed by atoms with E-state index in [1.165, 1.54) is 6.26 Å². The molecule has 6 nitrogen and oxygen atoms in total. The van der Waals surface area contributed by atoms with Crippen molar-refractivity contribution in [3.8, 4) is 11.7 Å². The predicted molar refractivity (Wildman–Crippen MR) is 91.7 cm³/mol. The molecular weight excluding hydrogens is 320 g/mol. The molecule has 0 aliphatic heterocycles. The summed E-state index contributed by atoms with van der Waals surface area (Å²) < 4.78 is 10.8. The van der Waals surface area contributed by atoms with E-state index in [1.807, 2.05) is 30.3 Å². The Kier molecular flexibility index (Phi) is 4.72. The zero-order valence-electron chi connectivity index (χ0n) is 14.2. The third kappa shape index (κ3) is 3.97. The molecule has 0 saturated carbocycles. The van der Waals surface area contributed by atoms with Gasteiger partial charge in [0.25, 0.3) is 5.89 Å². The summed E-state index contributed by atoms with van der Waals surface area (Å²) in [5.74, 6) is 1.19. The van der Waals surface area contributed by atoms with Gasteiger partial charge in [-0.2, -0.15) is 0 Å². The second-order valence-corrected chi connectivity index (χ2v) is 6.09. The Balaban J connectivity index is 1.62. The van der Waals surface area contributed by atoms with Crippen molar-refractivity contribution in [3.05, 3.63) is 65.7 Å². The number of aryl methyl sites for hydroxylation is 1. The van der Waals surface area contributed by atoms with Gasteiger partial charge in [-0.05, 0) is 31.5 Å². The fourth-order valence-corrected chi connectivity index (χ4v) is 2.48. The van der Waals surface area contributed by atoms with E-state index >= 15 is 0 Å². The zero-order chi connectivity index (χ0) is 17.9. The van der Waals surface area contributed by atoms with Gasteiger partial charge in [0.05, 0.1) is 24.9 Å². The van der Waals surface area contributed by atoms with E-state index < -0.39 is 5.60 Å². The van der Waals surface area contributed by atoms with Gasteiger partial charge < -0.3 is 19.3 Å². The summed E-state index contributed by atoms with van der Waals surface area (Å²) in [6.45, 7) is 3.53. The number of hydrogen-bond acceptors (Lipinski definition) is 5. The summed E-state index contributed by atoms with van der Waals surface area (Å²) in [7, 11) is 0. The van der Waals surface area contributed by atoms with Gasteiger partial charge in [0.2, 0.25) is 5.91 Å². The maximum atomic E-state index is 12.2. The quantitative estimate of drug-likeness (QED) is 0.720. The number of carbonyl (C=O) groups is 1. The molecule has 130 valence electrons. The first-order valence-electron chi connectivity index (χ1n) is 8.00. The Morgan fingerprint density at radius 2 is 2.00 bits per heavy atom. The second kappa shape index (κ2) is 6.94. The van der Waals surface area contributed by atoms with Crippen LogP contribution in [-0.4, -0.2) is 22.5 Å². The average molecular weight is 340 g/mol. The molecule has 0 fully saturated rings. The molecule has 3 aromatic rings. The first-order chi connectivity index (χ1) is 12.0. The molecule has 1 aromatic carbocycles. The van der Waals surface area contributed by atoms with Crippen LogP contribution in [0.2, 0.25) is 0 Å². The average Bonchev–Trinajstić information content (AvgIpc) is 3.24. The summed E-state index contributed by atoms with van der Waals surface area (Å²) in [6, 6.07) is 12.7. The van der Waals surface area contributed by atoms with Crippen LogP contribution in [0.3, 0.4) is 0 Å². The maximum Gasteiger partial charge on any atom is 0.263 e. The van der Waals surface area contributed by atoms with E-state index in [4.69, 9.17) is 8.83 Å². The lowest BCUT2D eigenvalue weighted by atomic mass is 9.96. The molecule has 0 saturated heterocycles. The number of nitrogens with zero attached hydrogens (tertiary/aromatic N) is 1. The van der Waals surface area contributed by atoms with Crippen molar-refractivity contribution in [2.24, 2.45) is 0 Å². The minimum Gasteiger partial charge on any atom is -0.459 e. The molecule has 2 heterocycles. The number of hydrogen-bond donors (Lipinski definition) is 2. The van der Waals surface area contributed by atoms with Crippen LogP contribution in [0, 0.1) is 6.92 Å². The Labute approximate surface area is 145 Å². The van der Waals surface area contributed by atoms with Crippen molar-refractivity contribution < 1.29 is 18.7 Å². The van der Waals surface area contributed by atoms with E-state index in [2.05, 4.69) is 10.3 Å². The molecule has 6 heteroatoms. The highest BCUT2D eigenvalue weighted by Gasteiger charge is 2.24. The highest BCUT2D eigenvalue weighted by molar-refractivity contribution is 5.78. The van der Waals surface area contributed by atoms with Gasteiger partial charge >= 0.3 is 0 Å². The van der Waals surface area contributed by atoms with E-state index in [9.17, 15) is 9.90 Å². The third-order valence-electron chi connectivity index (χ3n) is 3.98. The number of nitrogens with one attached hydrogen (secondary N) is 1. The van der Waals surface area contributed by atoms with Crippen molar-refractivity contribution in [2.75, 3.05) is 6.54 Å². The largest absolute Gasteiger partial charge is 0.459 e. The van der Waals surface area contributed by atoms with Crippen molar-refractivity contribution in [1.29, 1.82) is 0 Å². The van der Waals surface area contributed by atoms with Crippen LogP contribution in [0.5, 0.6) is 0 Å². The minimum absolute atomic E-state index is 0.0703. The van der Waals surface area contributed by atoms with E-state index in [-0.39, 0.29) is 18.9 Å². The molecule has 0 aliphatic carbocycles. The second-order valence-electron chi connectivity index (χ2n) is 6.09. The van der Waals surface area contributed by atoms with Crippen LogP contribution in [0.15, 0.2) is 57.6 Å². The number of carbonyl (C=O) groups excluding carboxylic acids is 1. The summed E-state index contributed by atoms with van der Waals surface area (Å²) >= 11 is 0. The molecule has 0 spiro atoms. The van der Waals surface area contributed by atoms with Crippen molar-refractivity contribution in [1.82, 2.24) is 10.3 Å². The Bertz CT molecular complexity index is 836. The van der Waals surface area contributed by atoms with Crippen LogP contribution >= 0.6 is 0 Å². The highest BCUT2D eigenvalue weighted by atomic mass is 16.4. The van der Waals surface area contributed by atoms with Crippen LogP contribution in [0.1, 0.15) is 23.9 Å². The predicted octanol–water partition coefficient (Wildman–Crippen LogP) is 2.81. The van der Waals surface area contributed by atoms with Gasteiger partial charge in [-0.1, -0.05) is 30.3 Å². The third-order valence-corrected chi connectivity index (χ3v) is 3.98. The molecule has 0 bridgehead atoms. The highest BCUT2D eigenvalue weighted by Crippen LogP contribution is 2.22. The smallest absolute Gasteiger partial charge is 0.263 e. The molecule has 0 aliphatic rings. The molecule has 1 atom stereocenters. The number of rotatable bonds is 6. The topological polar surface area (TPSA) is 88.5 Å². The van der Waals surface area contributed by atoms with Crippen LogP contribution in [0.4, 0.5) is 0 Å². The molecule has 2 aromatic heterocycles. The molecular formula is C19H20N2O4. The van der Waals surface area contributed by atoms with Crippen molar-refractivity contribution in [2.45, 2.75) is 25.9 Å². The number of aliphatic hydroxyl groups is 1. The van der Waals surface area contributed by atoms with Crippen LogP contribution < -0.4 is 5.32 Å². The van der Waals surface area contributed by atoms with Gasteiger partial charge in [0.1, 0.15) is 11.4 Å². The SMILES string of the molecule is Cc1oc(-c2ccco2)nc1CC(=O)NCC(C)(O)c1ccccc1. The molecule has 2 N–H and O–H groups in total. The number of oxazole rings is 1. The summed E-state index contributed by atoms with van der Waals surface area (Å²) in [5.41, 5.74) is 0.144. The molecule has 1 amide bonds. The lowest BCUT2D eigenvalue weighted by Gasteiger charge is -2.24. The first kappa shape index (κ1) is 17.0. The van der Waals surface area contributed by atoms with E-state index in [1.54, 1.807) is 26.0 Å². The number of furan rings is 1. The van der Waals surface area contributed by atoms with E-state index in [0.29, 0.717) is 23.1 Å². The number of amides is 1. The number of benzene rings is 1. The zero-order valence-corrected chi connectivity index (χ0v) is 14.2. The van der Waals surface area contributed by atoms with Gasteiger partial charge in [-0.25, -0.2) is 4.98 Å². The normalized spacial score (nSPS) is 13.4. The lowest BCUT2D eigenvalue weighted by Crippen LogP contribution is -2.39. The van der Waals surface area contributed by atoms with Gasteiger partial charge in [0.15, 0.2) is 5.76 Å². The fraction of sp³-hybridized carbons (Fsp3) is 0.263. The maximum absolute atomic E-state index is 12.2. The standard InChI is InChI=1S/C19H20N2O4/c1-13-15(21-18(25-13)16-9-6-10-24-16)11-17(22)20-12-19(2,23)14-7-4-3-5-8-14/h3-10,23H,11-12H2,1-2H3,(H,20,22). The van der Waals surface area contributed by atoms with Crippen molar-refractivity contribution in [3.63, 3.8) is 0 Å². The molecule has 3 rings (SSSR count). The summed E-state index contributed by atoms with van der Waals surface area (Å²) in [5, 5.41) is 13.3. The lowest BCUT2D eigenvalue weighted by molar-refractivity contribution is -0.121. The van der Waals surface area contributed by atoms with Gasteiger partial charge in [-0.3, -0.25) is 4.79 Å². The van der Waals surface area contributed by atoms with Gasteiger partial charge in [0, 0.05) is 0 Å². The van der Waals surface area contributed by atoms with Crippen LogP contribution in [-0.2, 0) is 16.8 Å². The Morgan fingerprint density at radius 3 is 2.68 bits per heavy atom. The number of aromatic nitrogens is 1. The summed E-state index contributed by atoms with van der Waals surface area (Å²) in [6.07, 6.45) is 1.60. The fourth-order valence-electron chi connectivity index (χ4n) is 2.48. The van der Waals surface area contributed by atoms with Crippen LogP contribution in [0.25, 0.3) is 11.7 Å². The minimum atomic E-state index is -1.14. The Hall–Kier alpha value is -2.86. The Morgan fingerprint density at radius 1 is 1.24 bits per heavy atom. The summed E-state index contributed by atoms with van der Waals surface area (Å²) in [4.78, 5) is 16.5. The monoisotopic (exact) mass is 340 g/mol. The molecule has 0 radical (unpaired) electrons. The van der Waals surface area contributed by atoms with Crippen molar-refractivity contribution >= 4 is 5.91 Å². The van der Waals surface area contributed by atoms with E-state index in [0.717, 1.165) is 5.56 Å². The molecule has 1 unspecified atom stereocenters. The first-order valence-corrected chi connectivity index (χ1v) is 8.00. The van der Waals surface area contributed by atoms with Gasteiger partial charge in [-0.15, -0.1) is 0 Å².